The highest BCUT2D eigenvalue weighted by atomic mass is 32.2. The lowest BCUT2D eigenvalue weighted by atomic mass is 10.2. The van der Waals surface area contributed by atoms with E-state index in [1.165, 1.54) is 19.1 Å². The van der Waals surface area contributed by atoms with Gasteiger partial charge in [0.2, 0.25) is 0 Å². The number of rotatable bonds is 6. The third kappa shape index (κ3) is 5.04. The van der Waals surface area contributed by atoms with E-state index in [2.05, 4.69) is 5.43 Å². The van der Waals surface area contributed by atoms with Crippen LogP contribution in [0.5, 0.6) is 5.75 Å². The van der Waals surface area contributed by atoms with E-state index in [0.29, 0.717) is 11.3 Å². The van der Waals surface area contributed by atoms with E-state index in [9.17, 15) is 13.2 Å². The minimum absolute atomic E-state index is 0.0408. The van der Waals surface area contributed by atoms with Crippen molar-refractivity contribution in [3.8, 4) is 11.8 Å². The first-order valence-electron chi connectivity index (χ1n) is 7.37. The normalized spacial score (nSPS) is 12.0. The highest BCUT2D eigenvalue weighted by Gasteiger charge is 2.19. The fraction of sp³-hybridized carbons (Fsp3) is 0.176. The molecule has 25 heavy (non-hydrogen) atoms. The molecule has 0 bridgehead atoms. The number of benzene rings is 2. The summed E-state index contributed by atoms with van der Waals surface area (Å²) in [4.78, 5) is 14.1. The van der Waals surface area contributed by atoms with E-state index >= 15 is 0 Å². The van der Waals surface area contributed by atoms with E-state index in [4.69, 9.17) is 10.00 Å². The van der Waals surface area contributed by atoms with E-state index in [-0.39, 0.29) is 4.90 Å². The molecule has 0 spiro atoms. The maximum Gasteiger partial charge on any atom is 0.275 e. The zero-order valence-electron chi connectivity index (χ0n) is 13.7. The number of nitrogens with zero attached hydrogens (tertiary/aromatic N) is 1. The molecule has 1 atom stereocenters. The van der Waals surface area contributed by atoms with Crippen LogP contribution >= 0.6 is 0 Å². The Bertz CT molecular complexity index is 885. The van der Waals surface area contributed by atoms with Gasteiger partial charge >= 0.3 is 0 Å². The molecule has 7 nitrogen and oxygen atoms in total. The van der Waals surface area contributed by atoms with Crippen LogP contribution in [0.15, 0.2) is 53.4 Å². The van der Waals surface area contributed by atoms with Gasteiger partial charge in [-0.1, -0.05) is 17.7 Å². The first-order chi connectivity index (χ1) is 11.8. The van der Waals surface area contributed by atoms with Gasteiger partial charge in [-0.3, -0.25) is 10.2 Å². The average molecular weight is 359 g/mol. The average Bonchev–Trinajstić information content (AvgIpc) is 2.60. The summed E-state index contributed by atoms with van der Waals surface area (Å²) < 4.78 is 29.6. The second kappa shape index (κ2) is 7.79. The van der Waals surface area contributed by atoms with Crippen LogP contribution in [0.4, 0.5) is 0 Å². The van der Waals surface area contributed by atoms with Gasteiger partial charge in [-0.05, 0) is 50.2 Å². The summed E-state index contributed by atoms with van der Waals surface area (Å²) in [6.45, 7) is 3.32. The minimum atomic E-state index is -3.86. The smallest absolute Gasteiger partial charge is 0.275 e. The van der Waals surface area contributed by atoms with E-state index in [0.717, 1.165) is 5.56 Å². The molecule has 0 saturated carbocycles. The first-order valence-corrected chi connectivity index (χ1v) is 8.85. The van der Waals surface area contributed by atoms with Gasteiger partial charge in [-0.15, -0.1) is 4.83 Å². The molecule has 0 saturated heterocycles. The summed E-state index contributed by atoms with van der Waals surface area (Å²) in [5.74, 6) is -0.261. The summed E-state index contributed by atoms with van der Waals surface area (Å²) in [7, 11) is -3.86. The van der Waals surface area contributed by atoms with Crippen LogP contribution in [0.2, 0.25) is 0 Å². The molecule has 2 N–H and O–H groups in total. The lowest BCUT2D eigenvalue weighted by molar-refractivity contribution is -0.127. The molecular formula is C17H17N3O4S. The molecule has 0 aliphatic carbocycles. The number of sulfonamides is 1. The van der Waals surface area contributed by atoms with Crippen LogP contribution in [-0.2, 0) is 14.8 Å². The lowest BCUT2D eigenvalue weighted by Gasteiger charge is -2.15. The van der Waals surface area contributed by atoms with Crippen LogP contribution in [-0.4, -0.2) is 20.4 Å². The number of aryl methyl sites for hydroxylation is 1. The van der Waals surface area contributed by atoms with Crippen molar-refractivity contribution in [2.75, 3.05) is 0 Å². The molecule has 0 unspecified atom stereocenters. The number of hydrogen-bond acceptors (Lipinski definition) is 5. The Hall–Kier alpha value is -2.89. The number of hydrazine groups is 1. The van der Waals surface area contributed by atoms with E-state index in [1.54, 1.807) is 36.4 Å². The van der Waals surface area contributed by atoms with Crippen LogP contribution in [0, 0.1) is 18.3 Å². The molecule has 1 amide bonds. The molecule has 0 heterocycles. The standard InChI is InChI=1S/C17H17N3O4S/c1-12-3-9-16(10-4-12)25(22,23)20-19-17(21)13(2)24-15-7-5-14(11-18)6-8-15/h3-10,13,20H,1-2H3,(H,19,21)/t13-/m1/s1. The maximum atomic E-state index is 12.1. The summed E-state index contributed by atoms with van der Waals surface area (Å²) in [5, 5.41) is 8.73. The monoisotopic (exact) mass is 359 g/mol. The van der Waals surface area contributed by atoms with Gasteiger partial charge in [0.25, 0.3) is 15.9 Å². The Morgan fingerprint density at radius 2 is 1.72 bits per heavy atom. The van der Waals surface area contributed by atoms with Crippen LogP contribution in [0.1, 0.15) is 18.1 Å². The van der Waals surface area contributed by atoms with Crippen molar-refractivity contribution in [2.45, 2.75) is 24.8 Å². The summed E-state index contributed by atoms with van der Waals surface area (Å²) in [6, 6.07) is 14.4. The molecule has 2 aromatic rings. The third-order valence-electron chi connectivity index (χ3n) is 3.31. The van der Waals surface area contributed by atoms with Gasteiger partial charge in [-0.2, -0.15) is 5.26 Å². The van der Waals surface area contributed by atoms with Gasteiger partial charge in [0, 0.05) is 0 Å². The number of nitrogens with one attached hydrogen (secondary N) is 2. The Morgan fingerprint density at radius 1 is 1.12 bits per heavy atom. The van der Waals surface area contributed by atoms with Crippen molar-refractivity contribution in [1.29, 1.82) is 5.26 Å². The van der Waals surface area contributed by atoms with Gasteiger partial charge in [0.1, 0.15) is 5.75 Å². The fourth-order valence-electron chi connectivity index (χ4n) is 1.86. The molecule has 0 radical (unpaired) electrons. The highest BCUT2D eigenvalue weighted by Crippen LogP contribution is 2.13. The molecular weight excluding hydrogens is 342 g/mol. The summed E-state index contributed by atoms with van der Waals surface area (Å²) >= 11 is 0. The van der Waals surface area contributed by atoms with Gasteiger partial charge in [0.05, 0.1) is 16.5 Å². The van der Waals surface area contributed by atoms with Crippen molar-refractivity contribution in [3.63, 3.8) is 0 Å². The Morgan fingerprint density at radius 3 is 2.28 bits per heavy atom. The fourth-order valence-corrected chi connectivity index (χ4v) is 2.71. The second-order valence-corrected chi connectivity index (χ2v) is 6.99. The van der Waals surface area contributed by atoms with Crippen molar-refractivity contribution in [1.82, 2.24) is 10.3 Å². The zero-order chi connectivity index (χ0) is 18.4. The number of hydrogen-bond donors (Lipinski definition) is 2. The molecule has 130 valence electrons. The number of carbonyl (C=O) groups excluding carboxylic acids is 1. The molecule has 8 heteroatoms. The SMILES string of the molecule is Cc1ccc(S(=O)(=O)NNC(=O)[C@@H](C)Oc2ccc(C#N)cc2)cc1. The summed E-state index contributed by atoms with van der Waals surface area (Å²) in [6.07, 6.45) is -0.936. The number of amides is 1. The largest absolute Gasteiger partial charge is 0.481 e. The number of ether oxygens (including phenoxy) is 1. The van der Waals surface area contributed by atoms with E-state index < -0.39 is 22.0 Å². The van der Waals surface area contributed by atoms with Crippen molar-refractivity contribution < 1.29 is 17.9 Å². The van der Waals surface area contributed by atoms with Crippen molar-refractivity contribution in [2.24, 2.45) is 0 Å². The van der Waals surface area contributed by atoms with Gasteiger partial charge in [0.15, 0.2) is 6.10 Å². The van der Waals surface area contributed by atoms with Crippen LogP contribution in [0.3, 0.4) is 0 Å². The van der Waals surface area contributed by atoms with E-state index in [1.807, 2.05) is 17.8 Å². The van der Waals surface area contributed by atoms with Crippen molar-refractivity contribution >= 4 is 15.9 Å². The highest BCUT2D eigenvalue weighted by molar-refractivity contribution is 7.89. The number of carbonyl (C=O) groups is 1. The first kappa shape index (κ1) is 18.4. The topological polar surface area (TPSA) is 108 Å². The zero-order valence-corrected chi connectivity index (χ0v) is 14.5. The predicted octanol–water partition coefficient (Wildman–Crippen LogP) is 1.64. The Balaban J connectivity index is 1.94. The molecule has 0 fully saturated rings. The molecule has 2 rings (SSSR count). The van der Waals surface area contributed by atoms with Crippen LogP contribution in [0.25, 0.3) is 0 Å². The quantitative estimate of drug-likeness (QED) is 0.762. The van der Waals surface area contributed by atoms with Crippen LogP contribution < -0.4 is 15.0 Å². The third-order valence-corrected chi connectivity index (χ3v) is 4.57. The molecule has 0 aliphatic heterocycles. The van der Waals surface area contributed by atoms with Crippen molar-refractivity contribution in [3.05, 3.63) is 59.7 Å². The molecule has 0 aromatic heterocycles. The van der Waals surface area contributed by atoms with Gasteiger partial charge < -0.3 is 4.74 Å². The molecule has 2 aromatic carbocycles. The number of nitriles is 1. The van der Waals surface area contributed by atoms with Gasteiger partial charge in [-0.25, -0.2) is 8.42 Å². The Labute approximate surface area is 146 Å². The second-order valence-electron chi connectivity index (χ2n) is 5.30. The maximum absolute atomic E-state index is 12.1. The minimum Gasteiger partial charge on any atom is -0.481 e. The predicted molar refractivity (Wildman–Crippen MR) is 90.9 cm³/mol. The lowest BCUT2D eigenvalue weighted by Crippen LogP contribution is -2.47. The molecule has 0 aliphatic rings. The Kier molecular flexibility index (Phi) is 5.75. The summed E-state index contributed by atoms with van der Waals surface area (Å²) in [5.41, 5.74) is 3.52.